The van der Waals surface area contributed by atoms with Gasteiger partial charge in [0.05, 0.1) is 20.3 Å². The number of aliphatic hydroxyl groups is 1. The van der Waals surface area contributed by atoms with Crippen molar-refractivity contribution in [2.75, 3.05) is 14.2 Å². The highest BCUT2D eigenvalue weighted by molar-refractivity contribution is 6.05. The van der Waals surface area contributed by atoms with E-state index in [4.69, 9.17) is 9.47 Å². The Kier molecular flexibility index (Phi) is 3.26. The summed E-state index contributed by atoms with van der Waals surface area (Å²) in [6.07, 6.45) is 1.92. The third kappa shape index (κ3) is 1.91. The molecule has 0 amide bonds. The van der Waals surface area contributed by atoms with Crippen molar-refractivity contribution in [1.29, 1.82) is 0 Å². The number of methoxy groups -OCH3 is 2. The Morgan fingerprint density at radius 2 is 1.80 bits per heavy atom. The number of ketones is 1. The number of aliphatic hydroxyl groups excluding tert-OH is 1. The number of ether oxygens (including phenoxy) is 2. The first-order valence-corrected chi connectivity index (χ1v) is 6.85. The molecule has 1 aromatic rings. The van der Waals surface area contributed by atoms with E-state index in [1.807, 2.05) is 12.1 Å². The molecular weight excluding hydrogens is 256 g/mol. The average Bonchev–Trinajstić information content (AvgIpc) is 2.78. The third-order valence-electron chi connectivity index (χ3n) is 4.18. The number of carbonyl (C=O) groups is 1. The molecule has 1 aromatic carbocycles. The van der Waals surface area contributed by atoms with E-state index in [1.54, 1.807) is 14.2 Å². The first-order valence-electron chi connectivity index (χ1n) is 6.85. The Bertz CT molecular complexity index is 601. The van der Waals surface area contributed by atoms with Crippen LogP contribution >= 0.6 is 0 Å². The third-order valence-corrected chi connectivity index (χ3v) is 4.18. The molecule has 0 saturated carbocycles. The van der Waals surface area contributed by atoms with Crippen molar-refractivity contribution in [1.82, 2.24) is 0 Å². The van der Waals surface area contributed by atoms with Crippen LogP contribution in [-0.4, -0.2) is 31.2 Å². The molecule has 2 aliphatic carbocycles. The molecule has 106 valence electrons. The minimum absolute atomic E-state index is 0.158. The van der Waals surface area contributed by atoms with Gasteiger partial charge in [0, 0.05) is 12.0 Å². The zero-order valence-corrected chi connectivity index (χ0v) is 11.7. The smallest absolute Gasteiger partial charge is 0.161 e. The highest BCUT2D eigenvalue weighted by Crippen LogP contribution is 2.43. The van der Waals surface area contributed by atoms with E-state index in [0.29, 0.717) is 37.2 Å². The van der Waals surface area contributed by atoms with Gasteiger partial charge >= 0.3 is 0 Å². The summed E-state index contributed by atoms with van der Waals surface area (Å²) >= 11 is 0. The monoisotopic (exact) mass is 274 g/mol. The fraction of sp³-hybridized carbons (Fsp3) is 0.438. The van der Waals surface area contributed by atoms with Crippen molar-refractivity contribution < 1.29 is 19.4 Å². The van der Waals surface area contributed by atoms with Gasteiger partial charge < -0.3 is 14.6 Å². The molecule has 2 aliphatic rings. The number of fused-ring (bicyclic) bond motifs is 2. The molecule has 3 rings (SSSR count). The lowest BCUT2D eigenvalue weighted by molar-refractivity contribution is -0.115. The summed E-state index contributed by atoms with van der Waals surface area (Å²) in [6, 6.07) is 3.80. The number of rotatable bonds is 2. The zero-order valence-electron chi connectivity index (χ0n) is 11.7. The molecule has 0 radical (unpaired) electrons. The van der Waals surface area contributed by atoms with Crippen molar-refractivity contribution in [3.8, 4) is 11.5 Å². The predicted octanol–water partition coefficient (Wildman–Crippen LogP) is 2.13. The highest BCUT2D eigenvalue weighted by atomic mass is 16.5. The molecule has 4 nitrogen and oxygen atoms in total. The molecule has 1 N–H and O–H groups in total. The van der Waals surface area contributed by atoms with E-state index in [9.17, 15) is 9.90 Å². The molecule has 20 heavy (non-hydrogen) atoms. The number of hydrogen-bond donors (Lipinski definition) is 1. The van der Waals surface area contributed by atoms with Gasteiger partial charge in [0.15, 0.2) is 17.3 Å². The van der Waals surface area contributed by atoms with Crippen molar-refractivity contribution >= 4 is 11.4 Å². The maximum absolute atomic E-state index is 12.2. The van der Waals surface area contributed by atoms with Gasteiger partial charge in [0.1, 0.15) is 0 Å². The number of allylic oxidation sites excluding steroid dienone is 1. The molecule has 1 atom stereocenters. The van der Waals surface area contributed by atoms with Gasteiger partial charge in [-0.05, 0) is 48.1 Å². The molecule has 4 heteroatoms. The molecule has 0 bridgehead atoms. The summed E-state index contributed by atoms with van der Waals surface area (Å²) < 4.78 is 10.7. The summed E-state index contributed by atoms with van der Waals surface area (Å²) in [6.45, 7) is 0. The fourth-order valence-corrected chi connectivity index (χ4v) is 3.17. The number of Topliss-reactive ketones (excluding diaryl/α,β-unsaturated/α-hetero) is 1. The second kappa shape index (κ2) is 4.94. The number of aryl methyl sites for hydroxylation is 1. The van der Waals surface area contributed by atoms with E-state index in [0.717, 1.165) is 22.3 Å². The van der Waals surface area contributed by atoms with Gasteiger partial charge in [0.2, 0.25) is 0 Å². The molecule has 1 unspecified atom stereocenters. The topological polar surface area (TPSA) is 55.8 Å². The van der Waals surface area contributed by atoms with Crippen molar-refractivity contribution in [2.24, 2.45) is 0 Å². The van der Waals surface area contributed by atoms with E-state index in [2.05, 4.69) is 0 Å². The van der Waals surface area contributed by atoms with Gasteiger partial charge in [-0.2, -0.15) is 0 Å². The number of carbonyl (C=O) groups excluding carboxylic acids is 1. The maximum Gasteiger partial charge on any atom is 0.161 e. The van der Waals surface area contributed by atoms with Gasteiger partial charge in [-0.1, -0.05) is 0 Å². The van der Waals surface area contributed by atoms with Crippen LogP contribution in [0.1, 0.15) is 30.4 Å². The van der Waals surface area contributed by atoms with Crippen LogP contribution in [0.2, 0.25) is 0 Å². The lowest BCUT2D eigenvalue weighted by atomic mass is 9.95. The van der Waals surface area contributed by atoms with Gasteiger partial charge in [-0.3, -0.25) is 4.79 Å². The Labute approximate surface area is 118 Å². The van der Waals surface area contributed by atoms with E-state index in [-0.39, 0.29) is 5.78 Å². The summed E-state index contributed by atoms with van der Waals surface area (Å²) in [4.78, 5) is 12.2. The molecule has 0 fully saturated rings. The largest absolute Gasteiger partial charge is 0.493 e. The number of hydrogen-bond acceptors (Lipinski definition) is 4. The Morgan fingerprint density at radius 3 is 2.50 bits per heavy atom. The maximum atomic E-state index is 12.2. The second-order valence-corrected chi connectivity index (χ2v) is 5.23. The molecule has 0 aromatic heterocycles. The van der Waals surface area contributed by atoms with Gasteiger partial charge in [0.25, 0.3) is 0 Å². The summed E-state index contributed by atoms with van der Waals surface area (Å²) in [5, 5.41) is 10.2. The highest BCUT2D eigenvalue weighted by Gasteiger charge is 2.32. The molecule has 0 spiro atoms. The predicted molar refractivity (Wildman–Crippen MR) is 75.0 cm³/mol. The fourth-order valence-electron chi connectivity index (χ4n) is 3.17. The summed E-state index contributed by atoms with van der Waals surface area (Å²) in [5.41, 5.74) is 3.57. The minimum atomic E-state index is -0.552. The summed E-state index contributed by atoms with van der Waals surface area (Å²) in [5.74, 6) is 1.45. The Hall–Kier alpha value is -1.81. The van der Waals surface area contributed by atoms with Crippen molar-refractivity contribution in [3.63, 3.8) is 0 Å². The van der Waals surface area contributed by atoms with Crippen LogP contribution in [0.4, 0.5) is 0 Å². The lowest BCUT2D eigenvalue weighted by Crippen LogP contribution is -2.06. The molecule has 0 saturated heterocycles. The second-order valence-electron chi connectivity index (χ2n) is 5.23. The Balaban J connectivity index is 2.22. The van der Waals surface area contributed by atoms with Crippen LogP contribution in [0.25, 0.3) is 5.57 Å². The SMILES string of the molecule is COc1cc2c(cc1OC)C1=C(CCC1O)C(=O)CC2. The standard InChI is InChI=1S/C16H18O4/c1-19-14-7-9-3-5-12(17)10-4-6-13(18)16(10)11(9)8-15(14)20-2/h7-8,13,18H,3-6H2,1-2H3. The summed E-state index contributed by atoms with van der Waals surface area (Å²) in [7, 11) is 3.19. The molecule has 0 aliphatic heterocycles. The van der Waals surface area contributed by atoms with Crippen molar-refractivity contribution in [2.45, 2.75) is 31.8 Å². The van der Waals surface area contributed by atoms with Crippen LogP contribution in [-0.2, 0) is 11.2 Å². The molecular formula is C16H18O4. The van der Waals surface area contributed by atoms with Crippen LogP contribution in [0.5, 0.6) is 11.5 Å². The Morgan fingerprint density at radius 1 is 1.10 bits per heavy atom. The average molecular weight is 274 g/mol. The first kappa shape index (κ1) is 13.2. The van der Waals surface area contributed by atoms with Crippen molar-refractivity contribution in [3.05, 3.63) is 28.8 Å². The van der Waals surface area contributed by atoms with Gasteiger partial charge in [-0.15, -0.1) is 0 Å². The first-order chi connectivity index (χ1) is 9.65. The van der Waals surface area contributed by atoms with Gasteiger partial charge in [-0.25, -0.2) is 0 Å². The van der Waals surface area contributed by atoms with Crippen LogP contribution in [0.3, 0.4) is 0 Å². The van der Waals surface area contributed by atoms with E-state index in [1.165, 1.54) is 0 Å². The van der Waals surface area contributed by atoms with E-state index >= 15 is 0 Å². The van der Waals surface area contributed by atoms with Crippen LogP contribution in [0, 0.1) is 0 Å². The normalized spacial score (nSPS) is 21.4. The minimum Gasteiger partial charge on any atom is -0.493 e. The zero-order chi connectivity index (χ0) is 14.3. The number of benzene rings is 1. The quantitative estimate of drug-likeness (QED) is 0.897. The van der Waals surface area contributed by atoms with Crippen LogP contribution in [0.15, 0.2) is 17.7 Å². The molecule has 0 heterocycles. The van der Waals surface area contributed by atoms with Crippen LogP contribution < -0.4 is 9.47 Å². The van der Waals surface area contributed by atoms with E-state index < -0.39 is 6.10 Å². The lowest BCUT2D eigenvalue weighted by Gasteiger charge is -2.16.